The zero-order valence-corrected chi connectivity index (χ0v) is 15.2. The van der Waals surface area contributed by atoms with Gasteiger partial charge in [-0.15, -0.1) is 10.2 Å². The van der Waals surface area contributed by atoms with Gasteiger partial charge in [-0.25, -0.2) is 0 Å². The van der Waals surface area contributed by atoms with Gasteiger partial charge in [0.25, 0.3) is 0 Å². The third-order valence-corrected chi connectivity index (χ3v) is 4.82. The van der Waals surface area contributed by atoms with Gasteiger partial charge in [0.2, 0.25) is 11.8 Å². The van der Waals surface area contributed by atoms with Crippen LogP contribution in [0.2, 0.25) is 0 Å². The number of benzene rings is 1. The molecular formula is C20H29N3O2. The molecule has 0 amide bonds. The Labute approximate surface area is 150 Å². The predicted molar refractivity (Wildman–Crippen MR) is 98.1 cm³/mol. The second kappa shape index (κ2) is 9.11. The first kappa shape index (κ1) is 18.1. The van der Waals surface area contributed by atoms with Crippen LogP contribution in [0.15, 0.2) is 28.7 Å². The molecule has 1 fully saturated rings. The third-order valence-electron chi connectivity index (χ3n) is 4.82. The molecule has 3 rings (SSSR count). The Hall–Kier alpha value is -1.72. The lowest BCUT2D eigenvalue weighted by Gasteiger charge is -2.14. The number of hydrogen-bond acceptors (Lipinski definition) is 5. The van der Waals surface area contributed by atoms with Crippen LogP contribution >= 0.6 is 0 Å². The molecule has 0 bridgehead atoms. The van der Waals surface area contributed by atoms with Crippen molar-refractivity contribution in [2.24, 2.45) is 0 Å². The number of aliphatic hydroxyl groups is 1. The Balaban J connectivity index is 1.50. The second-order valence-electron chi connectivity index (χ2n) is 7.04. The van der Waals surface area contributed by atoms with Gasteiger partial charge in [0.05, 0.1) is 6.10 Å². The highest BCUT2D eigenvalue weighted by Crippen LogP contribution is 2.21. The number of hydrogen-bond donors (Lipinski definition) is 1. The molecule has 0 aliphatic carbocycles. The molecule has 2 heterocycles. The van der Waals surface area contributed by atoms with E-state index in [9.17, 15) is 5.11 Å². The molecule has 5 heteroatoms. The molecule has 5 nitrogen and oxygen atoms in total. The van der Waals surface area contributed by atoms with Gasteiger partial charge in [0.15, 0.2) is 0 Å². The van der Waals surface area contributed by atoms with Crippen LogP contribution in [0.1, 0.15) is 56.9 Å². The van der Waals surface area contributed by atoms with Gasteiger partial charge in [-0.1, -0.05) is 44.7 Å². The van der Waals surface area contributed by atoms with Crippen LogP contribution < -0.4 is 0 Å². The van der Waals surface area contributed by atoms with Crippen molar-refractivity contribution < 1.29 is 9.52 Å². The van der Waals surface area contributed by atoms with E-state index in [1.807, 2.05) is 12.1 Å². The molecule has 0 spiro atoms. The quantitative estimate of drug-likeness (QED) is 0.701. The van der Waals surface area contributed by atoms with Gasteiger partial charge in [0, 0.05) is 31.6 Å². The Morgan fingerprint density at radius 3 is 2.64 bits per heavy atom. The van der Waals surface area contributed by atoms with Crippen LogP contribution in [-0.2, 0) is 13.0 Å². The summed E-state index contributed by atoms with van der Waals surface area (Å²) in [5.74, 6) is 1.34. The number of likely N-dealkylation sites (tertiary alicyclic amines) is 1. The Morgan fingerprint density at radius 2 is 1.92 bits per heavy atom. The van der Waals surface area contributed by atoms with Gasteiger partial charge in [-0.05, 0) is 30.5 Å². The first-order chi connectivity index (χ1) is 12.2. The third kappa shape index (κ3) is 5.38. The average Bonchev–Trinajstić information content (AvgIpc) is 3.25. The van der Waals surface area contributed by atoms with Crippen LogP contribution in [-0.4, -0.2) is 39.4 Å². The van der Waals surface area contributed by atoms with E-state index in [1.165, 1.54) is 31.2 Å². The summed E-state index contributed by atoms with van der Waals surface area (Å²) in [5.41, 5.74) is 2.21. The summed E-state index contributed by atoms with van der Waals surface area (Å²) in [6.45, 7) is 4.84. The highest BCUT2D eigenvalue weighted by Gasteiger charge is 2.19. The Bertz CT molecular complexity index is 639. The van der Waals surface area contributed by atoms with Gasteiger partial charge in [-0.2, -0.15) is 0 Å². The fourth-order valence-electron chi connectivity index (χ4n) is 3.32. The highest BCUT2D eigenvalue weighted by atomic mass is 16.4. The first-order valence-corrected chi connectivity index (χ1v) is 9.56. The van der Waals surface area contributed by atoms with E-state index in [1.54, 1.807) is 0 Å². The summed E-state index contributed by atoms with van der Waals surface area (Å²) in [5, 5.41) is 18.0. The number of aryl methyl sites for hydroxylation is 1. The van der Waals surface area contributed by atoms with E-state index in [2.05, 4.69) is 34.2 Å². The zero-order chi connectivity index (χ0) is 17.5. The SMILES string of the molecule is CCCCCCCc1nnc(-c2ccc(CN3CC[C@H](O)C3)cc2)o1. The summed E-state index contributed by atoms with van der Waals surface area (Å²) in [4.78, 5) is 2.28. The summed E-state index contributed by atoms with van der Waals surface area (Å²) < 4.78 is 5.80. The lowest BCUT2D eigenvalue weighted by atomic mass is 10.1. The average molecular weight is 343 g/mol. The van der Waals surface area contributed by atoms with Gasteiger partial charge >= 0.3 is 0 Å². The topological polar surface area (TPSA) is 62.4 Å². The molecular weight excluding hydrogens is 314 g/mol. The number of unbranched alkanes of at least 4 members (excludes halogenated alkanes) is 4. The maximum absolute atomic E-state index is 9.61. The number of aliphatic hydroxyl groups excluding tert-OH is 1. The molecule has 1 aliphatic heterocycles. The molecule has 25 heavy (non-hydrogen) atoms. The molecule has 1 aromatic carbocycles. The maximum atomic E-state index is 9.61. The molecule has 0 saturated carbocycles. The number of rotatable bonds is 9. The fourth-order valence-corrected chi connectivity index (χ4v) is 3.32. The summed E-state index contributed by atoms with van der Waals surface area (Å²) in [6, 6.07) is 8.30. The van der Waals surface area contributed by atoms with Crippen molar-refractivity contribution in [3.05, 3.63) is 35.7 Å². The fraction of sp³-hybridized carbons (Fsp3) is 0.600. The van der Waals surface area contributed by atoms with E-state index in [-0.39, 0.29) is 6.10 Å². The van der Waals surface area contributed by atoms with E-state index < -0.39 is 0 Å². The van der Waals surface area contributed by atoms with Crippen LogP contribution in [0.4, 0.5) is 0 Å². The Morgan fingerprint density at radius 1 is 1.12 bits per heavy atom. The van der Waals surface area contributed by atoms with Crippen LogP contribution in [0.3, 0.4) is 0 Å². The molecule has 136 valence electrons. The van der Waals surface area contributed by atoms with E-state index in [0.717, 1.165) is 50.4 Å². The van der Waals surface area contributed by atoms with E-state index >= 15 is 0 Å². The zero-order valence-electron chi connectivity index (χ0n) is 15.2. The lowest BCUT2D eigenvalue weighted by molar-refractivity contribution is 0.175. The number of β-amino-alcohol motifs (C(OH)–C–C–N with tert-alkyl or cyclic N) is 1. The molecule has 1 aromatic heterocycles. The first-order valence-electron chi connectivity index (χ1n) is 9.56. The molecule has 0 unspecified atom stereocenters. The molecule has 1 N–H and O–H groups in total. The van der Waals surface area contributed by atoms with Crippen LogP contribution in [0, 0.1) is 0 Å². The van der Waals surface area contributed by atoms with Crippen molar-refractivity contribution in [2.75, 3.05) is 13.1 Å². The molecule has 1 aliphatic rings. The minimum absolute atomic E-state index is 0.168. The highest BCUT2D eigenvalue weighted by molar-refractivity contribution is 5.52. The number of nitrogens with zero attached hydrogens (tertiary/aromatic N) is 3. The minimum Gasteiger partial charge on any atom is -0.421 e. The van der Waals surface area contributed by atoms with Gasteiger partial charge < -0.3 is 9.52 Å². The smallest absolute Gasteiger partial charge is 0.247 e. The van der Waals surface area contributed by atoms with Crippen molar-refractivity contribution in [1.82, 2.24) is 15.1 Å². The number of aromatic nitrogens is 2. The summed E-state index contributed by atoms with van der Waals surface area (Å²) >= 11 is 0. The largest absolute Gasteiger partial charge is 0.421 e. The van der Waals surface area contributed by atoms with Crippen LogP contribution in [0.5, 0.6) is 0 Å². The molecule has 1 saturated heterocycles. The minimum atomic E-state index is -0.168. The second-order valence-corrected chi connectivity index (χ2v) is 7.04. The van der Waals surface area contributed by atoms with E-state index in [4.69, 9.17) is 4.42 Å². The van der Waals surface area contributed by atoms with Gasteiger partial charge in [-0.3, -0.25) is 4.90 Å². The maximum Gasteiger partial charge on any atom is 0.247 e. The van der Waals surface area contributed by atoms with Crippen molar-refractivity contribution in [2.45, 2.75) is 64.5 Å². The lowest BCUT2D eigenvalue weighted by Crippen LogP contribution is -2.21. The summed E-state index contributed by atoms with van der Waals surface area (Å²) in [7, 11) is 0. The summed E-state index contributed by atoms with van der Waals surface area (Å²) in [6.07, 6.45) is 7.77. The van der Waals surface area contributed by atoms with Crippen LogP contribution in [0.25, 0.3) is 11.5 Å². The molecule has 0 radical (unpaired) electrons. The van der Waals surface area contributed by atoms with Gasteiger partial charge in [0.1, 0.15) is 0 Å². The predicted octanol–water partition coefficient (Wildman–Crippen LogP) is 3.82. The normalized spacial score (nSPS) is 18.1. The Kier molecular flexibility index (Phi) is 6.59. The van der Waals surface area contributed by atoms with Crippen molar-refractivity contribution in [3.8, 4) is 11.5 Å². The van der Waals surface area contributed by atoms with Crippen molar-refractivity contribution >= 4 is 0 Å². The van der Waals surface area contributed by atoms with Crippen molar-refractivity contribution in [3.63, 3.8) is 0 Å². The van der Waals surface area contributed by atoms with Crippen molar-refractivity contribution in [1.29, 1.82) is 0 Å². The molecule has 1 atom stereocenters. The molecule has 2 aromatic rings. The monoisotopic (exact) mass is 343 g/mol. The van der Waals surface area contributed by atoms with E-state index in [0.29, 0.717) is 5.89 Å². The standard InChI is InChI=1S/C20H29N3O2/c1-2-3-4-5-6-7-19-21-22-20(25-19)17-10-8-16(9-11-17)14-23-13-12-18(24)15-23/h8-11,18,24H,2-7,12-15H2,1H3/t18-/m0/s1.